The van der Waals surface area contributed by atoms with Gasteiger partial charge < -0.3 is 10.6 Å². The Balaban J connectivity index is 1.65. The average molecular weight is 318 g/mol. The van der Waals surface area contributed by atoms with Gasteiger partial charge in [-0.15, -0.1) is 0 Å². The number of aromatic nitrogens is 2. The van der Waals surface area contributed by atoms with Crippen LogP contribution in [-0.2, 0) is 0 Å². The van der Waals surface area contributed by atoms with Crippen molar-refractivity contribution in [1.29, 1.82) is 0 Å². The molecule has 1 fully saturated rings. The van der Waals surface area contributed by atoms with Gasteiger partial charge in [0.1, 0.15) is 0 Å². The summed E-state index contributed by atoms with van der Waals surface area (Å²) in [5, 5.41) is 0.755. The van der Waals surface area contributed by atoms with Crippen LogP contribution in [0.3, 0.4) is 0 Å². The van der Waals surface area contributed by atoms with Crippen molar-refractivity contribution in [2.75, 3.05) is 37.6 Å². The van der Waals surface area contributed by atoms with E-state index in [0.29, 0.717) is 6.54 Å². The maximum Gasteiger partial charge on any atom is 0.225 e. The number of rotatable bonds is 4. The summed E-state index contributed by atoms with van der Waals surface area (Å²) < 4.78 is 0. The van der Waals surface area contributed by atoms with Crippen LogP contribution in [0.2, 0.25) is 5.02 Å². The van der Waals surface area contributed by atoms with E-state index in [1.54, 1.807) is 12.4 Å². The number of anilines is 1. The molecule has 1 aromatic carbocycles. The van der Waals surface area contributed by atoms with Crippen LogP contribution in [0.1, 0.15) is 11.6 Å². The summed E-state index contributed by atoms with van der Waals surface area (Å²) in [6.45, 7) is 4.32. The molecule has 0 radical (unpaired) electrons. The number of benzene rings is 1. The smallest absolute Gasteiger partial charge is 0.225 e. The first-order chi connectivity index (χ1) is 10.8. The molecule has 0 saturated carbocycles. The lowest BCUT2D eigenvalue weighted by molar-refractivity contribution is 0.189. The van der Waals surface area contributed by atoms with Crippen LogP contribution in [0, 0.1) is 0 Å². The largest absolute Gasteiger partial charge is 0.338 e. The third-order valence-corrected chi connectivity index (χ3v) is 4.32. The van der Waals surface area contributed by atoms with Crippen molar-refractivity contribution < 1.29 is 0 Å². The first kappa shape index (κ1) is 15.2. The molecule has 0 bridgehead atoms. The zero-order valence-electron chi connectivity index (χ0n) is 12.4. The van der Waals surface area contributed by atoms with Gasteiger partial charge in [-0.1, -0.05) is 23.7 Å². The standard InChI is InChI=1S/C16H20ClN5/c17-14-4-2-13(3-5-14)15(12-18)21-8-10-22(11-9-21)16-19-6-1-7-20-16/h1-7,15H,8-12,18H2. The van der Waals surface area contributed by atoms with Crippen LogP contribution in [-0.4, -0.2) is 47.6 Å². The lowest BCUT2D eigenvalue weighted by Crippen LogP contribution is -2.49. The average Bonchev–Trinajstić information content (AvgIpc) is 2.59. The minimum absolute atomic E-state index is 0.233. The fourth-order valence-electron chi connectivity index (χ4n) is 2.87. The molecule has 2 heterocycles. The van der Waals surface area contributed by atoms with E-state index in [0.717, 1.165) is 37.1 Å². The summed E-state index contributed by atoms with van der Waals surface area (Å²) >= 11 is 5.97. The van der Waals surface area contributed by atoms with Crippen molar-refractivity contribution in [3.8, 4) is 0 Å². The molecular weight excluding hydrogens is 298 g/mol. The van der Waals surface area contributed by atoms with Crippen LogP contribution < -0.4 is 10.6 Å². The summed E-state index contributed by atoms with van der Waals surface area (Å²) in [5.41, 5.74) is 7.23. The molecule has 1 saturated heterocycles. The number of hydrogen-bond acceptors (Lipinski definition) is 5. The second-order valence-electron chi connectivity index (χ2n) is 5.37. The molecule has 0 amide bonds. The van der Waals surface area contributed by atoms with Crippen LogP contribution in [0.25, 0.3) is 0 Å². The predicted molar refractivity (Wildman–Crippen MR) is 89.1 cm³/mol. The van der Waals surface area contributed by atoms with Crippen LogP contribution in [0.15, 0.2) is 42.7 Å². The Bertz CT molecular complexity index is 581. The molecule has 0 spiro atoms. The van der Waals surface area contributed by atoms with E-state index in [2.05, 4.69) is 31.9 Å². The van der Waals surface area contributed by atoms with Crippen molar-refractivity contribution in [2.45, 2.75) is 6.04 Å². The number of halogens is 1. The first-order valence-electron chi connectivity index (χ1n) is 7.49. The van der Waals surface area contributed by atoms with E-state index in [9.17, 15) is 0 Å². The topological polar surface area (TPSA) is 58.3 Å². The molecule has 1 aliphatic rings. The van der Waals surface area contributed by atoms with E-state index >= 15 is 0 Å². The van der Waals surface area contributed by atoms with Gasteiger partial charge in [0, 0.05) is 56.2 Å². The number of hydrogen-bond donors (Lipinski definition) is 1. The Morgan fingerprint density at radius 2 is 1.68 bits per heavy atom. The van der Waals surface area contributed by atoms with Crippen molar-refractivity contribution in [3.05, 3.63) is 53.3 Å². The minimum Gasteiger partial charge on any atom is -0.338 e. The molecule has 5 nitrogen and oxygen atoms in total. The Morgan fingerprint density at radius 3 is 2.27 bits per heavy atom. The highest BCUT2D eigenvalue weighted by atomic mass is 35.5. The van der Waals surface area contributed by atoms with Gasteiger partial charge >= 0.3 is 0 Å². The fourth-order valence-corrected chi connectivity index (χ4v) is 3.00. The molecule has 1 aromatic heterocycles. The van der Waals surface area contributed by atoms with Crippen LogP contribution in [0.4, 0.5) is 5.95 Å². The SMILES string of the molecule is NCC(c1ccc(Cl)cc1)N1CCN(c2ncccn2)CC1. The summed E-state index contributed by atoms with van der Waals surface area (Å²) in [4.78, 5) is 13.3. The van der Waals surface area contributed by atoms with Gasteiger partial charge in [0.25, 0.3) is 0 Å². The van der Waals surface area contributed by atoms with E-state index in [1.807, 2.05) is 18.2 Å². The summed E-state index contributed by atoms with van der Waals surface area (Å²) in [7, 11) is 0. The normalized spacial score (nSPS) is 17.5. The lowest BCUT2D eigenvalue weighted by Gasteiger charge is -2.39. The molecule has 0 aliphatic carbocycles. The molecule has 22 heavy (non-hydrogen) atoms. The summed E-state index contributed by atoms with van der Waals surface area (Å²) in [6.07, 6.45) is 3.57. The molecule has 3 rings (SSSR count). The number of nitrogens with zero attached hydrogens (tertiary/aromatic N) is 4. The maximum absolute atomic E-state index is 6.01. The summed E-state index contributed by atoms with van der Waals surface area (Å²) in [6, 6.07) is 10.0. The van der Waals surface area contributed by atoms with Crippen LogP contribution in [0.5, 0.6) is 0 Å². The highest BCUT2D eigenvalue weighted by molar-refractivity contribution is 6.30. The Kier molecular flexibility index (Phi) is 4.87. The monoisotopic (exact) mass is 317 g/mol. The molecule has 1 unspecified atom stereocenters. The van der Waals surface area contributed by atoms with E-state index in [1.165, 1.54) is 5.56 Å². The molecular formula is C16H20ClN5. The van der Waals surface area contributed by atoms with Crippen molar-refractivity contribution in [1.82, 2.24) is 14.9 Å². The third-order valence-electron chi connectivity index (χ3n) is 4.07. The maximum atomic E-state index is 6.01. The molecule has 1 aliphatic heterocycles. The van der Waals surface area contributed by atoms with Crippen molar-refractivity contribution in [3.63, 3.8) is 0 Å². The molecule has 6 heteroatoms. The fraction of sp³-hybridized carbons (Fsp3) is 0.375. The predicted octanol–water partition coefficient (Wildman–Crippen LogP) is 1.95. The van der Waals surface area contributed by atoms with Crippen LogP contribution >= 0.6 is 11.6 Å². The second-order valence-corrected chi connectivity index (χ2v) is 5.81. The highest BCUT2D eigenvalue weighted by Gasteiger charge is 2.25. The van der Waals surface area contributed by atoms with Gasteiger partial charge in [0.05, 0.1) is 0 Å². The minimum atomic E-state index is 0.233. The zero-order chi connectivity index (χ0) is 15.4. The van der Waals surface area contributed by atoms with Crippen molar-refractivity contribution >= 4 is 17.5 Å². The Labute approximate surface area is 135 Å². The summed E-state index contributed by atoms with van der Waals surface area (Å²) in [5.74, 6) is 0.804. The Hall–Kier alpha value is -1.69. The van der Waals surface area contributed by atoms with Gasteiger partial charge in [-0.05, 0) is 23.8 Å². The molecule has 1 atom stereocenters. The highest BCUT2D eigenvalue weighted by Crippen LogP contribution is 2.23. The number of nitrogens with two attached hydrogens (primary N) is 1. The zero-order valence-corrected chi connectivity index (χ0v) is 13.2. The van der Waals surface area contributed by atoms with Gasteiger partial charge in [-0.3, -0.25) is 4.90 Å². The lowest BCUT2D eigenvalue weighted by atomic mass is 10.0. The quantitative estimate of drug-likeness (QED) is 0.934. The van der Waals surface area contributed by atoms with Gasteiger partial charge in [0.2, 0.25) is 5.95 Å². The van der Waals surface area contributed by atoms with Gasteiger partial charge in [-0.2, -0.15) is 0 Å². The molecule has 2 aromatic rings. The molecule has 2 N–H and O–H groups in total. The second kappa shape index (κ2) is 7.05. The first-order valence-corrected chi connectivity index (χ1v) is 7.87. The van der Waals surface area contributed by atoms with Crippen molar-refractivity contribution in [2.24, 2.45) is 5.73 Å². The van der Waals surface area contributed by atoms with E-state index < -0.39 is 0 Å². The van der Waals surface area contributed by atoms with E-state index in [-0.39, 0.29) is 6.04 Å². The Morgan fingerprint density at radius 1 is 1.05 bits per heavy atom. The van der Waals surface area contributed by atoms with Gasteiger partial charge in [-0.25, -0.2) is 9.97 Å². The third kappa shape index (κ3) is 3.38. The number of piperazine rings is 1. The van der Waals surface area contributed by atoms with Gasteiger partial charge in [0.15, 0.2) is 0 Å². The molecule has 116 valence electrons. The van der Waals surface area contributed by atoms with E-state index in [4.69, 9.17) is 17.3 Å².